The molecule has 0 aliphatic carbocycles. The van der Waals surface area contributed by atoms with Gasteiger partial charge in [-0.25, -0.2) is 0 Å². The first-order valence-electron chi connectivity index (χ1n) is 6.55. The Morgan fingerprint density at radius 2 is 1.55 bits per heavy atom. The average Bonchev–Trinajstić information content (AvgIpc) is 2.54. The molecular weight excluding hydrogens is 312 g/mol. The smallest absolute Gasteiger partial charge is 0.118 e. The van der Waals surface area contributed by atoms with Crippen molar-refractivity contribution in [3.63, 3.8) is 0 Å². The number of methoxy groups -OCH3 is 1. The van der Waals surface area contributed by atoms with Crippen LogP contribution in [0, 0.1) is 0 Å². The minimum absolute atomic E-state index is 0.180. The van der Waals surface area contributed by atoms with E-state index in [0.29, 0.717) is 0 Å². The van der Waals surface area contributed by atoms with Gasteiger partial charge in [0.1, 0.15) is 5.75 Å². The molecule has 0 aliphatic rings. The minimum atomic E-state index is 0.180. The fraction of sp³-hybridized carbons (Fsp3) is 0.111. The van der Waals surface area contributed by atoms with E-state index in [-0.39, 0.29) is 4.83 Å². The van der Waals surface area contributed by atoms with Gasteiger partial charge in [0, 0.05) is 0 Å². The maximum absolute atomic E-state index is 5.21. The van der Waals surface area contributed by atoms with Crippen molar-refractivity contribution in [3.8, 4) is 5.75 Å². The monoisotopic (exact) mass is 326 g/mol. The van der Waals surface area contributed by atoms with Crippen LogP contribution in [0.2, 0.25) is 0 Å². The third-order valence-electron chi connectivity index (χ3n) is 3.50. The topological polar surface area (TPSA) is 9.23 Å². The molecule has 2 heteroatoms. The van der Waals surface area contributed by atoms with Gasteiger partial charge in [-0.05, 0) is 34.0 Å². The summed E-state index contributed by atoms with van der Waals surface area (Å²) >= 11 is 3.82. The predicted octanol–water partition coefficient (Wildman–Crippen LogP) is 5.33. The van der Waals surface area contributed by atoms with Crippen molar-refractivity contribution in [2.75, 3.05) is 7.11 Å². The Labute approximate surface area is 127 Å². The molecule has 3 rings (SSSR count). The summed E-state index contributed by atoms with van der Waals surface area (Å²) in [5.41, 5.74) is 2.51. The van der Waals surface area contributed by atoms with Crippen LogP contribution in [0.15, 0.2) is 66.7 Å². The van der Waals surface area contributed by atoms with Crippen LogP contribution in [0.4, 0.5) is 0 Å². The molecule has 1 nitrogen and oxygen atoms in total. The molecule has 0 radical (unpaired) electrons. The highest BCUT2D eigenvalue weighted by molar-refractivity contribution is 9.09. The van der Waals surface area contributed by atoms with Gasteiger partial charge in [-0.1, -0.05) is 70.5 Å². The summed E-state index contributed by atoms with van der Waals surface area (Å²) in [5.74, 6) is 0.881. The fourth-order valence-electron chi connectivity index (χ4n) is 2.42. The van der Waals surface area contributed by atoms with Crippen LogP contribution in [0.1, 0.15) is 16.0 Å². The maximum Gasteiger partial charge on any atom is 0.118 e. The zero-order valence-electron chi connectivity index (χ0n) is 11.2. The van der Waals surface area contributed by atoms with Crippen molar-refractivity contribution in [2.24, 2.45) is 0 Å². The molecule has 0 fully saturated rings. The van der Waals surface area contributed by atoms with Crippen molar-refractivity contribution < 1.29 is 4.74 Å². The zero-order chi connectivity index (χ0) is 13.9. The van der Waals surface area contributed by atoms with E-state index >= 15 is 0 Å². The number of alkyl halides is 1. The summed E-state index contributed by atoms with van der Waals surface area (Å²) in [6.07, 6.45) is 0. The van der Waals surface area contributed by atoms with E-state index in [1.54, 1.807) is 7.11 Å². The fourth-order valence-corrected chi connectivity index (χ4v) is 3.13. The molecule has 0 aliphatic heterocycles. The number of fused-ring (bicyclic) bond motifs is 1. The van der Waals surface area contributed by atoms with Crippen LogP contribution in [0.25, 0.3) is 10.8 Å². The van der Waals surface area contributed by atoms with Crippen molar-refractivity contribution in [3.05, 3.63) is 77.9 Å². The van der Waals surface area contributed by atoms with Gasteiger partial charge < -0.3 is 4.74 Å². The lowest BCUT2D eigenvalue weighted by molar-refractivity contribution is 0.414. The maximum atomic E-state index is 5.21. The van der Waals surface area contributed by atoms with E-state index in [4.69, 9.17) is 4.74 Å². The molecule has 0 aromatic heterocycles. The summed E-state index contributed by atoms with van der Waals surface area (Å²) in [7, 11) is 1.69. The summed E-state index contributed by atoms with van der Waals surface area (Å²) in [6.45, 7) is 0. The molecule has 0 saturated carbocycles. The quantitative estimate of drug-likeness (QED) is 0.591. The molecule has 0 heterocycles. The summed E-state index contributed by atoms with van der Waals surface area (Å²) in [4.78, 5) is 0.180. The molecule has 0 N–H and O–H groups in total. The summed E-state index contributed by atoms with van der Waals surface area (Å²) < 4.78 is 5.21. The van der Waals surface area contributed by atoms with Crippen LogP contribution in [-0.4, -0.2) is 7.11 Å². The first-order valence-corrected chi connectivity index (χ1v) is 7.47. The third kappa shape index (κ3) is 2.44. The standard InChI is InChI=1S/C18H15BrO/c1-20-15-11-9-14(10-12-15)18(19)17-8-4-6-13-5-2-3-7-16(13)17/h2-12,18H,1H3. The van der Waals surface area contributed by atoms with E-state index in [9.17, 15) is 0 Å². The Bertz CT molecular complexity index is 714. The molecular formula is C18H15BrO. The van der Waals surface area contributed by atoms with Crippen LogP contribution in [0.3, 0.4) is 0 Å². The predicted molar refractivity (Wildman–Crippen MR) is 87.7 cm³/mol. The second-order valence-electron chi connectivity index (χ2n) is 4.70. The van der Waals surface area contributed by atoms with E-state index in [2.05, 4.69) is 70.5 Å². The Morgan fingerprint density at radius 3 is 2.30 bits per heavy atom. The van der Waals surface area contributed by atoms with Gasteiger partial charge >= 0.3 is 0 Å². The minimum Gasteiger partial charge on any atom is -0.497 e. The summed E-state index contributed by atoms with van der Waals surface area (Å²) in [6, 6.07) is 23.1. The SMILES string of the molecule is COc1ccc(C(Br)c2cccc3ccccc23)cc1. The lowest BCUT2D eigenvalue weighted by Crippen LogP contribution is -1.94. The van der Waals surface area contributed by atoms with E-state index in [1.807, 2.05) is 12.1 Å². The molecule has 0 saturated heterocycles. The number of rotatable bonds is 3. The molecule has 1 atom stereocenters. The van der Waals surface area contributed by atoms with Gasteiger partial charge in [-0.2, -0.15) is 0 Å². The van der Waals surface area contributed by atoms with Gasteiger partial charge in [0.25, 0.3) is 0 Å². The largest absolute Gasteiger partial charge is 0.497 e. The Balaban J connectivity index is 2.05. The Hall–Kier alpha value is -1.80. The zero-order valence-corrected chi connectivity index (χ0v) is 12.8. The highest BCUT2D eigenvalue weighted by atomic mass is 79.9. The van der Waals surface area contributed by atoms with Crippen molar-refractivity contribution in [1.29, 1.82) is 0 Å². The van der Waals surface area contributed by atoms with Crippen molar-refractivity contribution in [2.45, 2.75) is 4.83 Å². The van der Waals surface area contributed by atoms with E-state index in [0.717, 1.165) is 5.75 Å². The lowest BCUT2D eigenvalue weighted by Gasteiger charge is -2.14. The van der Waals surface area contributed by atoms with Gasteiger partial charge in [0.15, 0.2) is 0 Å². The number of halogens is 1. The highest BCUT2D eigenvalue weighted by Crippen LogP contribution is 2.35. The lowest BCUT2D eigenvalue weighted by atomic mass is 9.98. The van der Waals surface area contributed by atoms with Gasteiger partial charge in [0.05, 0.1) is 11.9 Å². The number of ether oxygens (including phenoxy) is 1. The molecule has 1 unspecified atom stereocenters. The highest BCUT2D eigenvalue weighted by Gasteiger charge is 2.13. The van der Waals surface area contributed by atoms with E-state index < -0.39 is 0 Å². The average molecular weight is 327 g/mol. The second-order valence-corrected chi connectivity index (χ2v) is 5.62. The molecule has 100 valence electrons. The van der Waals surface area contributed by atoms with Gasteiger partial charge in [0.2, 0.25) is 0 Å². The van der Waals surface area contributed by atoms with Crippen LogP contribution < -0.4 is 4.74 Å². The molecule has 0 spiro atoms. The first kappa shape index (κ1) is 13.2. The van der Waals surface area contributed by atoms with Crippen molar-refractivity contribution >= 4 is 26.7 Å². The molecule has 20 heavy (non-hydrogen) atoms. The number of benzene rings is 3. The number of hydrogen-bond donors (Lipinski definition) is 0. The molecule has 0 bridgehead atoms. The first-order chi connectivity index (χ1) is 9.79. The van der Waals surface area contributed by atoms with Gasteiger partial charge in [-0.3, -0.25) is 0 Å². The van der Waals surface area contributed by atoms with Crippen LogP contribution >= 0.6 is 15.9 Å². The third-order valence-corrected chi connectivity index (χ3v) is 4.53. The Morgan fingerprint density at radius 1 is 0.850 bits per heavy atom. The molecule has 3 aromatic carbocycles. The van der Waals surface area contributed by atoms with E-state index in [1.165, 1.54) is 21.9 Å². The Kier molecular flexibility index (Phi) is 3.75. The van der Waals surface area contributed by atoms with Crippen LogP contribution in [0.5, 0.6) is 5.75 Å². The normalized spacial score (nSPS) is 12.3. The molecule has 0 amide bonds. The van der Waals surface area contributed by atoms with Crippen LogP contribution in [-0.2, 0) is 0 Å². The second kappa shape index (κ2) is 5.68. The number of hydrogen-bond acceptors (Lipinski definition) is 1. The molecule has 3 aromatic rings. The summed E-state index contributed by atoms with van der Waals surface area (Å²) in [5, 5.41) is 2.55. The van der Waals surface area contributed by atoms with Gasteiger partial charge in [-0.15, -0.1) is 0 Å². The van der Waals surface area contributed by atoms with Crippen molar-refractivity contribution in [1.82, 2.24) is 0 Å².